The van der Waals surface area contributed by atoms with E-state index in [0.29, 0.717) is 28.1 Å². The van der Waals surface area contributed by atoms with Gasteiger partial charge in [-0.1, -0.05) is 36.4 Å². The molecule has 3 amide bonds. The van der Waals surface area contributed by atoms with Crippen molar-refractivity contribution in [1.29, 1.82) is 0 Å². The Morgan fingerprint density at radius 3 is 2.49 bits per heavy atom. The van der Waals surface area contributed by atoms with Gasteiger partial charge in [-0.2, -0.15) is 0 Å². The normalized spacial score (nSPS) is 16.1. The molecule has 1 fully saturated rings. The van der Waals surface area contributed by atoms with E-state index in [-0.39, 0.29) is 19.0 Å². The van der Waals surface area contributed by atoms with Crippen molar-refractivity contribution >= 4 is 23.6 Å². The van der Waals surface area contributed by atoms with Crippen molar-refractivity contribution in [3.8, 4) is 5.75 Å². The molecule has 1 aliphatic heterocycles. The fourth-order valence-corrected chi connectivity index (χ4v) is 4.52. The summed E-state index contributed by atoms with van der Waals surface area (Å²) in [6.07, 6.45) is 1.69. The Morgan fingerprint density at radius 1 is 1.00 bits per heavy atom. The summed E-state index contributed by atoms with van der Waals surface area (Å²) >= 11 is 0. The molecule has 0 spiro atoms. The number of carbonyl (C=O) groups excluding carboxylic acids is 3. The van der Waals surface area contributed by atoms with Crippen LogP contribution in [0.4, 0.5) is 14.9 Å². The van der Waals surface area contributed by atoms with Gasteiger partial charge in [0.2, 0.25) is 5.91 Å². The zero-order valence-electron chi connectivity index (χ0n) is 22.1. The Kier molecular flexibility index (Phi) is 8.19. The van der Waals surface area contributed by atoms with E-state index in [2.05, 4.69) is 15.6 Å². The van der Waals surface area contributed by atoms with Crippen LogP contribution in [0, 0.1) is 5.82 Å². The molecule has 41 heavy (non-hydrogen) atoms. The maximum atomic E-state index is 13.5. The smallest absolute Gasteiger partial charge is 0.411 e. The van der Waals surface area contributed by atoms with Gasteiger partial charge in [0.05, 0.1) is 13.7 Å². The third-order valence-electron chi connectivity index (χ3n) is 6.64. The highest BCUT2D eigenvalue weighted by atomic mass is 19.1. The van der Waals surface area contributed by atoms with Crippen molar-refractivity contribution in [2.24, 2.45) is 0 Å². The Labute approximate surface area is 235 Å². The van der Waals surface area contributed by atoms with Crippen molar-refractivity contribution < 1.29 is 28.2 Å². The summed E-state index contributed by atoms with van der Waals surface area (Å²) in [5.41, 5.74) is 2.96. The van der Waals surface area contributed by atoms with E-state index in [9.17, 15) is 18.8 Å². The highest BCUT2D eigenvalue weighted by Gasteiger charge is 2.46. The number of hydrogen-bond acceptors (Lipinski definition) is 6. The summed E-state index contributed by atoms with van der Waals surface area (Å²) in [6.45, 7) is 0.263. The summed E-state index contributed by atoms with van der Waals surface area (Å²) < 4.78 is 24.3. The molecule has 5 rings (SSSR count). The maximum absolute atomic E-state index is 13.5. The fraction of sp³-hybridized carbons (Fsp3) is 0.161. The van der Waals surface area contributed by atoms with Crippen molar-refractivity contribution in [2.45, 2.75) is 25.2 Å². The van der Waals surface area contributed by atoms with E-state index in [4.69, 9.17) is 9.47 Å². The lowest BCUT2D eigenvalue weighted by molar-refractivity contribution is -0.126. The fourth-order valence-electron chi connectivity index (χ4n) is 4.52. The standard InChI is InChI=1S/C31H27FN4O5/c1-40-26-6-2-5-23(16-26)29(37)35-25-13-9-22(10-14-25)28-27(30(38)34-18-21-4-3-15-33-17-21)36(31(39)41-28)19-20-7-11-24(32)12-8-20/h2-17,27-28H,18-19H2,1H3,(H,34,38)(H,35,37)/t27-,28+/m0/s1. The molecule has 4 aromatic rings. The number of benzene rings is 3. The van der Waals surface area contributed by atoms with E-state index in [1.807, 2.05) is 6.07 Å². The van der Waals surface area contributed by atoms with Crippen LogP contribution in [0.5, 0.6) is 5.75 Å². The number of ether oxygens (including phenoxy) is 2. The molecule has 0 saturated carbocycles. The molecule has 208 valence electrons. The van der Waals surface area contributed by atoms with Gasteiger partial charge in [-0.15, -0.1) is 0 Å². The van der Waals surface area contributed by atoms with Gasteiger partial charge in [-0.3, -0.25) is 19.5 Å². The molecule has 0 radical (unpaired) electrons. The molecule has 10 heteroatoms. The molecule has 2 atom stereocenters. The molecule has 1 saturated heterocycles. The zero-order valence-corrected chi connectivity index (χ0v) is 22.1. The Morgan fingerprint density at radius 2 is 1.78 bits per heavy atom. The molecule has 0 aliphatic carbocycles. The van der Waals surface area contributed by atoms with Crippen LogP contribution >= 0.6 is 0 Å². The van der Waals surface area contributed by atoms with Crippen molar-refractivity contribution in [3.63, 3.8) is 0 Å². The Bertz CT molecular complexity index is 1530. The first-order valence-corrected chi connectivity index (χ1v) is 12.8. The first kappa shape index (κ1) is 27.3. The lowest BCUT2D eigenvalue weighted by Gasteiger charge is -2.24. The highest BCUT2D eigenvalue weighted by molar-refractivity contribution is 6.04. The van der Waals surface area contributed by atoms with Crippen LogP contribution in [0.25, 0.3) is 0 Å². The van der Waals surface area contributed by atoms with Crippen LogP contribution in [-0.2, 0) is 22.6 Å². The summed E-state index contributed by atoms with van der Waals surface area (Å²) in [7, 11) is 1.53. The molecule has 1 aliphatic rings. The number of pyridine rings is 1. The second-order valence-corrected chi connectivity index (χ2v) is 9.39. The quantitative estimate of drug-likeness (QED) is 0.306. The SMILES string of the molecule is COc1cccc(C(=O)Nc2ccc([C@H]3OC(=O)N(Cc4ccc(F)cc4)[C@@H]3C(=O)NCc3cccnc3)cc2)c1. The Hall–Kier alpha value is -5.25. The number of amides is 3. The molecule has 2 heterocycles. The summed E-state index contributed by atoms with van der Waals surface area (Å²) in [6, 6.07) is 21.8. The number of rotatable bonds is 9. The molecule has 9 nitrogen and oxygen atoms in total. The summed E-state index contributed by atoms with van der Waals surface area (Å²) in [5, 5.41) is 5.70. The van der Waals surface area contributed by atoms with Crippen LogP contribution < -0.4 is 15.4 Å². The average molecular weight is 555 g/mol. The minimum Gasteiger partial charge on any atom is -0.497 e. The van der Waals surface area contributed by atoms with E-state index in [1.165, 1.54) is 24.1 Å². The number of cyclic esters (lactones) is 1. The van der Waals surface area contributed by atoms with Gasteiger partial charge in [0.15, 0.2) is 12.1 Å². The molecule has 1 aromatic heterocycles. The number of nitrogens with one attached hydrogen (secondary N) is 2. The number of nitrogens with zero attached hydrogens (tertiary/aromatic N) is 2. The van der Waals surface area contributed by atoms with Crippen molar-refractivity contribution in [3.05, 3.63) is 125 Å². The molecular weight excluding hydrogens is 527 g/mol. The average Bonchev–Trinajstić information content (AvgIpc) is 3.33. The molecule has 2 N–H and O–H groups in total. The van der Waals surface area contributed by atoms with Crippen LogP contribution in [0.3, 0.4) is 0 Å². The molecular formula is C31H27FN4O5. The van der Waals surface area contributed by atoms with E-state index in [0.717, 1.165) is 5.56 Å². The third kappa shape index (κ3) is 6.50. The summed E-state index contributed by atoms with van der Waals surface area (Å²) in [5.74, 6) is -0.571. The van der Waals surface area contributed by atoms with Gasteiger partial charge in [0.1, 0.15) is 11.6 Å². The second-order valence-electron chi connectivity index (χ2n) is 9.39. The lowest BCUT2D eigenvalue weighted by atomic mass is 10.00. The van der Waals surface area contributed by atoms with Gasteiger partial charge < -0.3 is 20.1 Å². The number of aromatic nitrogens is 1. The monoisotopic (exact) mass is 554 g/mol. The van der Waals surface area contributed by atoms with Crippen molar-refractivity contribution in [2.75, 3.05) is 12.4 Å². The van der Waals surface area contributed by atoms with Crippen molar-refractivity contribution in [1.82, 2.24) is 15.2 Å². The van der Waals surface area contributed by atoms with E-state index >= 15 is 0 Å². The van der Waals surface area contributed by atoms with Crippen LogP contribution in [0.1, 0.15) is 33.2 Å². The number of methoxy groups -OCH3 is 1. The molecule has 0 unspecified atom stereocenters. The first-order valence-electron chi connectivity index (χ1n) is 12.8. The Balaban J connectivity index is 1.35. The second kappa shape index (κ2) is 12.3. The number of anilines is 1. The zero-order chi connectivity index (χ0) is 28.8. The van der Waals surface area contributed by atoms with E-state index in [1.54, 1.807) is 79.1 Å². The maximum Gasteiger partial charge on any atom is 0.411 e. The number of halogens is 1. The van der Waals surface area contributed by atoms with Gasteiger partial charge in [-0.05, 0) is 65.2 Å². The van der Waals surface area contributed by atoms with Gasteiger partial charge >= 0.3 is 6.09 Å². The lowest BCUT2D eigenvalue weighted by Crippen LogP contribution is -2.46. The minimum atomic E-state index is -0.999. The van der Waals surface area contributed by atoms with E-state index < -0.39 is 30.0 Å². The summed E-state index contributed by atoms with van der Waals surface area (Å²) in [4.78, 5) is 44.6. The van der Waals surface area contributed by atoms with Gasteiger partial charge in [0.25, 0.3) is 5.91 Å². The van der Waals surface area contributed by atoms with Gasteiger partial charge in [-0.25, -0.2) is 9.18 Å². The number of carbonyl (C=O) groups is 3. The molecule has 0 bridgehead atoms. The predicted octanol–water partition coefficient (Wildman–Crippen LogP) is 4.86. The molecule has 3 aromatic carbocycles. The third-order valence-corrected chi connectivity index (χ3v) is 6.64. The number of hydrogen-bond donors (Lipinski definition) is 2. The van der Waals surface area contributed by atoms with Crippen LogP contribution in [0.15, 0.2) is 97.3 Å². The highest BCUT2D eigenvalue weighted by Crippen LogP contribution is 2.34. The first-order chi connectivity index (χ1) is 19.9. The largest absolute Gasteiger partial charge is 0.497 e. The topological polar surface area (TPSA) is 110 Å². The van der Waals surface area contributed by atoms with Crippen LogP contribution in [0.2, 0.25) is 0 Å². The predicted molar refractivity (Wildman–Crippen MR) is 148 cm³/mol. The van der Waals surface area contributed by atoms with Gasteiger partial charge in [0, 0.05) is 30.2 Å². The van der Waals surface area contributed by atoms with Crippen LogP contribution in [-0.4, -0.2) is 40.9 Å². The minimum absolute atomic E-state index is 0.0509.